The van der Waals surface area contributed by atoms with Gasteiger partial charge in [0.15, 0.2) is 0 Å². The Morgan fingerprint density at radius 1 is 1.47 bits per heavy atom. The molecule has 1 aliphatic rings. The molecule has 2 unspecified atom stereocenters. The highest BCUT2D eigenvalue weighted by Crippen LogP contribution is 2.23. The van der Waals surface area contributed by atoms with Gasteiger partial charge in [-0.25, -0.2) is 0 Å². The lowest BCUT2D eigenvalue weighted by Crippen LogP contribution is -2.36. The minimum Gasteiger partial charge on any atom is -0.309 e. The predicted octanol–water partition coefficient (Wildman–Crippen LogP) is 3.19. The van der Waals surface area contributed by atoms with Crippen LogP contribution in [0.15, 0.2) is 28.7 Å². The smallest absolute Gasteiger partial charge is 0.0303 e. The number of nitrogens with one attached hydrogen (secondary N) is 1. The van der Waals surface area contributed by atoms with E-state index in [1.807, 2.05) is 0 Å². The second kappa shape index (κ2) is 5.98. The molecule has 94 valence electrons. The third-order valence-electron chi connectivity index (χ3n) is 3.70. The van der Waals surface area contributed by atoms with E-state index in [1.165, 1.54) is 29.4 Å². The van der Waals surface area contributed by atoms with Gasteiger partial charge < -0.3 is 10.2 Å². The van der Waals surface area contributed by atoms with Crippen LogP contribution in [0.1, 0.15) is 31.4 Å². The summed E-state index contributed by atoms with van der Waals surface area (Å²) in [4.78, 5) is 2.46. The van der Waals surface area contributed by atoms with Gasteiger partial charge in [0.2, 0.25) is 0 Å². The molecule has 0 saturated carbocycles. The lowest BCUT2D eigenvalue weighted by atomic mass is 10.1. The van der Waals surface area contributed by atoms with E-state index in [9.17, 15) is 0 Å². The van der Waals surface area contributed by atoms with Gasteiger partial charge in [0.05, 0.1) is 0 Å². The van der Waals surface area contributed by atoms with Gasteiger partial charge in [0, 0.05) is 23.1 Å². The zero-order valence-corrected chi connectivity index (χ0v) is 12.2. The van der Waals surface area contributed by atoms with Crippen LogP contribution in [-0.4, -0.2) is 31.1 Å². The summed E-state index contributed by atoms with van der Waals surface area (Å²) in [5.74, 6) is 0. The Labute approximate surface area is 113 Å². The van der Waals surface area contributed by atoms with Gasteiger partial charge >= 0.3 is 0 Å². The molecule has 0 amide bonds. The highest BCUT2D eigenvalue weighted by molar-refractivity contribution is 9.10. The lowest BCUT2D eigenvalue weighted by Gasteiger charge is -2.23. The van der Waals surface area contributed by atoms with Crippen molar-refractivity contribution in [3.05, 3.63) is 34.3 Å². The molecule has 1 N–H and O–H groups in total. The maximum absolute atomic E-state index is 3.64. The molecule has 0 bridgehead atoms. The monoisotopic (exact) mass is 296 g/mol. The summed E-state index contributed by atoms with van der Waals surface area (Å²) >= 11 is 3.61. The number of nitrogens with zero attached hydrogens (tertiary/aromatic N) is 1. The van der Waals surface area contributed by atoms with Gasteiger partial charge in [-0.3, -0.25) is 0 Å². The Morgan fingerprint density at radius 3 is 2.88 bits per heavy atom. The number of benzene rings is 1. The molecule has 0 radical (unpaired) electrons. The fourth-order valence-electron chi connectivity index (χ4n) is 2.49. The Hall–Kier alpha value is -0.380. The number of hydrogen-bond acceptors (Lipinski definition) is 2. The molecule has 1 heterocycles. The third-order valence-corrected chi connectivity index (χ3v) is 4.43. The molecule has 17 heavy (non-hydrogen) atoms. The largest absolute Gasteiger partial charge is 0.309 e. The zero-order valence-electron chi connectivity index (χ0n) is 10.6. The van der Waals surface area contributed by atoms with Gasteiger partial charge in [-0.2, -0.15) is 0 Å². The first-order valence-electron chi connectivity index (χ1n) is 6.36. The third kappa shape index (κ3) is 3.30. The molecule has 1 aliphatic heterocycles. The first-order chi connectivity index (χ1) is 8.18. The summed E-state index contributed by atoms with van der Waals surface area (Å²) in [6.07, 6.45) is 2.67. The highest BCUT2D eigenvalue weighted by Gasteiger charge is 2.21. The topological polar surface area (TPSA) is 15.3 Å². The molecule has 2 atom stereocenters. The van der Waals surface area contributed by atoms with Crippen LogP contribution in [0, 0.1) is 0 Å². The number of rotatable bonds is 4. The average molecular weight is 297 g/mol. The van der Waals surface area contributed by atoms with Gasteiger partial charge in [0.1, 0.15) is 0 Å². The standard InChI is InChI=1S/C14H21BrN2/c1-11(13-7-3-4-8-14(13)15)16-10-12-6-5-9-17(12)2/h3-4,7-8,11-12,16H,5-6,9-10H2,1-2H3. The average Bonchev–Trinajstić information content (AvgIpc) is 2.72. The summed E-state index contributed by atoms with van der Waals surface area (Å²) < 4.78 is 1.19. The molecule has 3 heteroatoms. The van der Waals surface area contributed by atoms with Crippen molar-refractivity contribution in [1.29, 1.82) is 0 Å². The Kier molecular flexibility index (Phi) is 4.60. The molecule has 1 aromatic rings. The summed E-state index contributed by atoms with van der Waals surface area (Å²) in [7, 11) is 2.22. The van der Waals surface area contributed by atoms with E-state index in [4.69, 9.17) is 0 Å². The van der Waals surface area contributed by atoms with Gasteiger partial charge in [-0.15, -0.1) is 0 Å². The summed E-state index contributed by atoms with van der Waals surface area (Å²) in [5, 5.41) is 3.64. The molecule has 1 fully saturated rings. The van der Waals surface area contributed by atoms with Crippen molar-refractivity contribution in [2.24, 2.45) is 0 Å². The summed E-state index contributed by atoms with van der Waals surface area (Å²) in [5.41, 5.74) is 1.34. The van der Waals surface area contributed by atoms with Crippen LogP contribution in [0.4, 0.5) is 0 Å². The molecule has 1 aromatic carbocycles. The first-order valence-corrected chi connectivity index (χ1v) is 7.16. The van der Waals surface area contributed by atoms with Gasteiger partial charge in [-0.1, -0.05) is 34.1 Å². The van der Waals surface area contributed by atoms with Crippen LogP contribution >= 0.6 is 15.9 Å². The number of hydrogen-bond donors (Lipinski definition) is 1. The Bertz CT molecular complexity index is 367. The number of likely N-dealkylation sites (N-methyl/N-ethyl adjacent to an activating group) is 1. The molecular formula is C14H21BrN2. The van der Waals surface area contributed by atoms with Crippen LogP contribution in [0.25, 0.3) is 0 Å². The van der Waals surface area contributed by atoms with Crippen molar-refractivity contribution in [3.63, 3.8) is 0 Å². The number of likely N-dealkylation sites (tertiary alicyclic amines) is 1. The van der Waals surface area contributed by atoms with E-state index in [-0.39, 0.29) is 0 Å². The molecule has 0 spiro atoms. The predicted molar refractivity (Wildman–Crippen MR) is 76.2 cm³/mol. The van der Waals surface area contributed by atoms with Crippen LogP contribution in [0.3, 0.4) is 0 Å². The van der Waals surface area contributed by atoms with Crippen molar-refractivity contribution < 1.29 is 0 Å². The van der Waals surface area contributed by atoms with Crippen molar-refractivity contribution in [3.8, 4) is 0 Å². The summed E-state index contributed by atoms with van der Waals surface area (Å²) in [6, 6.07) is 9.56. The van der Waals surface area contributed by atoms with Crippen molar-refractivity contribution in [2.75, 3.05) is 20.1 Å². The van der Waals surface area contributed by atoms with E-state index in [0.29, 0.717) is 12.1 Å². The maximum atomic E-state index is 3.64. The lowest BCUT2D eigenvalue weighted by molar-refractivity contribution is 0.293. The molecule has 0 aromatic heterocycles. The van der Waals surface area contributed by atoms with E-state index in [0.717, 1.165) is 6.54 Å². The Balaban J connectivity index is 1.89. The zero-order chi connectivity index (χ0) is 12.3. The molecule has 2 nitrogen and oxygen atoms in total. The first kappa shape index (κ1) is 13.1. The highest BCUT2D eigenvalue weighted by atomic mass is 79.9. The van der Waals surface area contributed by atoms with Crippen LogP contribution < -0.4 is 5.32 Å². The van der Waals surface area contributed by atoms with Crippen molar-refractivity contribution in [1.82, 2.24) is 10.2 Å². The van der Waals surface area contributed by atoms with Crippen LogP contribution in [0.2, 0.25) is 0 Å². The van der Waals surface area contributed by atoms with E-state index in [2.05, 4.69) is 64.4 Å². The molecule has 1 saturated heterocycles. The molecule has 0 aliphatic carbocycles. The minimum absolute atomic E-state index is 0.402. The van der Waals surface area contributed by atoms with Crippen LogP contribution in [-0.2, 0) is 0 Å². The molecular weight excluding hydrogens is 276 g/mol. The normalized spacial score (nSPS) is 22.9. The van der Waals surface area contributed by atoms with Crippen molar-refractivity contribution in [2.45, 2.75) is 31.8 Å². The summed E-state index contributed by atoms with van der Waals surface area (Å²) in [6.45, 7) is 4.56. The Morgan fingerprint density at radius 2 is 2.24 bits per heavy atom. The fraction of sp³-hybridized carbons (Fsp3) is 0.571. The quantitative estimate of drug-likeness (QED) is 0.918. The minimum atomic E-state index is 0.402. The maximum Gasteiger partial charge on any atom is 0.0303 e. The second-order valence-electron chi connectivity index (χ2n) is 4.93. The van der Waals surface area contributed by atoms with Gasteiger partial charge in [-0.05, 0) is 45.0 Å². The second-order valence-corrected chi connectivity index (χ2v) is 5.78. The van der Waals surface area contributed by atoms with E-state index >= 15 is 0 Å². The SMILES string of the molecule is CC(NCC1CCCN1C)c1ccccc1Br. The van der Waals surface area contributed by atoms with Gasteiger partial charge in [0.25, 0.3) is 0 Å². The van der Waals surface area contributed by atoms with Crippen LogP contribution in [0.5, 0.6) is 0 Å². The number of halogens is 1. The van der Waals surface area contributed by atoms with Crippen molar-refractivity contribution >= 4 is 15.9 Å². The fourth-order valence-corrected chi connectivity index (χ4v) is 3.11. The van der Waals surface area contributed by atoms with E-state index < -0.39 is 0 Å². The van der Waals surface area contributed by atoms with E-state index in [1.54, 1.807) is 0 Å². The molecule has 2 rings (SSSR count).